The quantitative estimate of drug-likeness (QED) is 0.694. The summed E-state index contributed by atoms with van der Waals surface area (Å²) in [6.07, 6.45) is 1.41. The number of aromatic nitrogens is 1. The molecular formula is C11H8BrN3O3. The van der Waals surface area contributed by atoms with Gasteiger partial charge in [0.2, 0.25) is 11.6 Å². The van der Waals surface area contributed by atoms with Crippen LogP contribution in [0.25, 0.3) is 0 Å². The summed E-state index contributed by atoms with van der Waals surface area (Å²) in [4.78, 5) is 14.3. The van der Waals surface area contributed by atoms with Crippen LogP contribution in [0.15, 0.2) is 41.0 Å². The third kappa shape index (κ3) is 2.57. The monoisotopic (exact) mass is 309 g/mol. The number of para-hydroxylation sites is 1. The van der Waals surface area contributed by atoms with Crippen molar-refractivity contribution < 1.29 is 9.66 Å². The van der Waals surface area contributed by atoms with Gasteiger partial charge in [-0.05, 0) is 28.1 Å². The first-order valence-corrected chi connectivity index (χ1v) is 5.69. The lowest BCUT2D eigenvalue weighted by Crippen LogP contribution is -1.96. The van der Waals surface area contributed by atoms with Crippen LogP contribution in [0, 0.1) is 10.1 Å². The van der Waals surface area contributed by atoms with Gasteiger partial charge in [-0.25, -0.2) is 4.98 Å². The average Bonchev–Trinajstić information content (AvgIpc) is 2.34. The predicted octanol–water partition coefficient (Wildman–Crippen LogP) is 3.13. The minimum atomic E-state index is -0.516. The van der Waals surface area contributed by atoms with Gasteiger partial charge in [-0.2, -0.15) is 0 Å². The van der Waals surface area contributed by atoms with E-state index in [9.17, 15) is 10.1 Å². The van der Waals surface area contributed by atoms with Crippen LogP contribution in [-0.4, -0.2) is 9.91 Å². The number of benzene rings is 1. The Balaban J connectivity index is 2.39. The summed E-state index contributed by atoms with van der Waals surface area (Å²) in [6.45, 7) is 0. The van der Waals surface area contributed by atoms with E-state index < -0.39 is 4.92 Å². The number of rotatable bonds is 3. The molecule has 0 saturated carbocycles. The highest BCUT2D eigenvalue weighted by molar-refractivity contribution is 9.10. The van der Waals surface area contributed by atoms with Crippen molar-refractivity contribution in [2.24, 2.45) is 0 Å². The molecule has 2 N–H and O–H groups in total. The Bertz CT molecular complexity index is 587. The molecule has 1 aromatic heterocycles. The van der Waals surface area contributed by atoms with Gasteiger partial charge < -0.3 is 10.5 Å². The molecule has 1 heterocycles. The van der Waals surface area contributed by atoms with E-state index in [1.807, 2.05) is 0 Å². The fraction of sp³-hybridized carbons (Fsp3) is 0. The van der Waals surface area contributed by atoms with Crippen molar-refractivity contribution in [1.29, 1.82) is 0 Å². The minimum Gasteiger partial charge on any atom is -0.431 e. The van der Waals surface area contributed by atoms with E-state index in [1.54, 1.807) is 24.3 Å². The third-order valence-electron chi connectivity index (χ3n) is 2.11. The molecule has 0 atom stereocenters. The Kier molecular flexibility index (Phi) is 3.42. The Hall–Kier alpha value is -2.15. The zero-order valence-electron chi connectivity index (χ0n) is 9.04. The van der Waals surface area contributed by atoms with Gasteiger partial charge in [0.05, 0.1) is 21.3 Å². The van der Waals surface area contributed by atoms with Gasteiger partial charge >= 0.3 is 5.69 Å². The van der Waals surface area contributed by atoms with Crippen LogP contribution < -0.4 is 10.5 Å². The normalized spacial score (nSPS) is 10.1. The van der Waals surface area contributed by atoms with Crippen LogP contribution in [0.5, 0.6) is 11.6 Å². The molecule has 0 unspecified atom stereocenters. The van der Waals surface area contributed by atoms with Gasteiger partial charge in [0.1, 0.15) is 0 Å². The van der Waals surface area contributed by atoms with Gasteiger partial charge in [-0.15, -0.1) is 0 Å². The van der Waals surface area contributed by atoms with Crippen molar-refractivity contribution in [2.45, 2.75) is 0 Å². The lowest BCUT2D eigenvalue weighted by atomic mass is 10.3. The first kappa shape index (κ1) is 12.3. The molecule has 0 aliphatic heterocycles. The molecule has 1 aromatic carbocycles. The molecule has 0 spiro atoms. The number of anilines is 1. The second kappa shape index (κ2) is 5.01. The Morgan fingerprint density at radius 1 is 1.33 bits per heavy atom. The number of nitrogen functional groups attached to an aromatic ring is 1. The fourth-order valence-electron chi connectivity index (χ4n) is 1.30. The number of nitro groups is 1. The summed E-state index contributed by atoms with van der Waals surface area (Å²) in [5.74, 6) is 0.346. The number of hydrogen-bond acceptors (Lipinski definition) is 5. The van der Waals surface area contributed by atoms with Crippen molar-refractivity contribution in [3.05, 3.63) is 51.1 Å². The maximum atomic E-state index is 10.9. The van der Waals surface area contributed by atoms with Crippen LogP contribution in [0.1, 0.15) is 0 Å². The van der Waals surface area contributed by atoms with Crippen LogP contribution >= 0.6 is 15.9 Å². The second-order valence-corrected chi connectivity index (χ2v) is 4.23. The molecule has 0 radical (unpaired) electrons. The highest BCUT2D eigenvalue weighted by atomic mass is 79.9. The highest BCUT2D eigenvalue weighted by Crippen LogP contribution is 2.37. The van der Waals surface area contributed by atoms with Gasteiger partial charge in [0.15, 0.2) is 0 Å². The van der Waals surface area contributed by atoms with E-state index in [2.05, 4.69) is 20.9 Å². The lowest BCUT2D eigenvalue weighted by molar-refractivity contribution is -0.385. The lowest BCUT2D eigenvalue weighted by Gasteiger charge is -2.07. The third-order valence-corrected chi connectivity index (χ3v) is 2.73. The minimum absolute atomic E-state index is 0.111. The molecule has 7 heteroatoms. The van der Waals surface area contributed by atoms with E-state index >= 15 is 0 Å². The Morgan fingerprint density at radius 2 is 2.11 bits per heavy atom. The Labute approximate surface area is 111 Å². The summed E-state index contributed by atoms with van der Waals surface area (Å²) in [5, 5.41) is 10.9. The molecule has 0 fully saturated rings. The molecule has 0 aliphatic carbocycles. The van der Waals surface area contributed by atoms with Crippen LogP contribution in [0.3, 0.4) is 0 Å². The Morgan fingerprint density at radius 3 is 2.72 bits per heavy atom. The average molecular weight is 310 g/mol. The largest absolute Gasteiger partial charge is 0.431 e. The highest BCUT2D eigenvalue weighted by Gasteiger charge is 2.18. The van der Waals surface area contributed by atoms with Crippen molar-refractivity contribution in [2.75, 3.05) is 5.73 Å². The second-order valence-electron chi connectivity index (χ2n) is 3.38. The molecule has 92 valence electrons. The summed E-state index contributed by atoms with van der Waals surface area (Å²) >= 11 is 3.21. The summed E-state index contributed by atoms with van der Waals surface area (Å²) < 4.78 is 5.88. The van der Waals surface area contributed by atoms with Crippen LogP contribution in [-0.2, 0) is 0 Å². The molecule has 0 amide bonds. The van der Waals surface area contributed by atoms with Crippen LogP contribution in [0.2, 0.25) is 0 Å². The van der Waals surface area contributed by atoms with Crippen molar-refractivity contribution >= 4 is 27.3 Å². The molecule has 6 nitrogen and oxygen atoms in total. The van der Waals surface area contributed by atoms with E-state index in [-0.39, 0.29) is 17.3 Å². The summed E-state index contributed by atoms with van der Waals surface area (Å²) in [7, 11) is 0. The van der Waals surface area contributed by atoms with Crippen molar-refractivity contribution in [3.63, 3.8) is 0 Å². The molecule has 0 saturated heterocycles. The van der Waals surface area contributed by atoms with E-state index in [1.165, 1.54) is 12.3 Å². The number of pyridine rings is 1. The first-order chi connectivity index (χ1) is 8.58. The molecule has 2 aromatic rings. The predicted molar refractivity (Wildman–Crippen MR) is 69.5 cm³/mol. The summed E-state index contributed by atoms with van der Waals surface area (Å²) in [6, 6.07) is 7.71. The van der Waals surface area contributed by atoms with Gasteiger partial charge in [-0.1, -0.05) is 6.07 Å². The summed E-state index contributed by atoms with van der Waals surface area (Å²) in [5.41, 5.74) is 5.85. The van der Waals surface area contributed by atoms with Gasteiger partial charge in [-0.3, -0.25) is 10.1 Å². The van der Waals surface area contributed by atoms with E-state index in [0.717, 1.165) is 0 Å². The zero-order chi connectivity index (χ0) is 13.1. The van der Waals surface area contributed by atoms with E-state index in [0.29, 0.717) is 10.2 Å². The number of nitrogens with zero attached hydrogens (tertiary/aromatic N) is 2. The first-order valence-electron chi connectivity index (χ1n) is 4.90. The number of nitro benzene ring substituents is 1. The van der Waals surface area contributed by atoms with Crippen molar-refractivity contribution in [1.82, 2.24) is 4.98 Å². The molecular weight excluding hydrogens is 302 g/mol. The van der Waals surface area contributed by atoms with Gasteiger partial charge in [0, 0.05) is 12.1 Å². The number of hydrogen-bond donors (Lipinski definition) is 1. The number of ether oxygens (including phenoxy) is 1. The zero-order valence-corrected chi connectivity index (χ0v) is 10.6. The van der Waals surface area contributed by atoms with Gasteiger partial charge in [0.25, 0.3) is 0 Å². The number of halogens is 1. The maximum absolute atomic E-state index is 10.9. The smallest absolute Gasteiger partial charge is 0.312 e. The maximum Gasteiger partial charge on any atom is 0.312 e. The van der Waals surface area contributed by atoms with Crippen LogP contribution in [0.4, 0.5) is 11.4 Å². The number of nitrogens with two attached hydrogens (primary N) is 1. The standard InChI is InChI=1S/C11H8BrN3O3/c12-8-2-1-3-9(15(16)17)11(8)18-10-5-4-7(13)6-14-10/h1-6H,13H2. The van der Waals surface area contributed by atoms with E-state index in [4.69, 9.17) is 10.5 Å². The topological polar surface area (TPSA) is 91.3 Å². The fourth-order valence-corrected chi connectivity index (χ4v) is 1.74. The SMILES string of the molecule is Nc1ccc(Oc2c(Br)cccc2[N+](=O)[O-])nc1. The molecule has 0 aliphatic rings. The molecule has 18 heavy (non-hydrogen) atoms. The van der Waals surface area contributed by atoms with Crippen molar-refractivity contribution in [3.8, 4) is 11.6 Å². The molecule has 2 rings (SSSR count). The molecule has 0 bridgehead atoms.